The fourth-order valence-electron chi connectivity index (χ4n) is 6.81. The summed E-state index contributed by atoms with van der Waals surface area (Å²) in [6.07, 6.45) is -6.05. The monoisotopic (exact) mass is 647 g/mol. The van der Waals surface area contributed by atoms with E-state index in [1.54, 1.807) is 27.7 Å². The van der Waals surface area contributed by atoms with E-state index in [2.05, 4.69) is 0 Å². The van der Waals surface area contributed by atoms with Crippen molar-refractivity contribution in [2.75, 3.05) is 31.7 Å². The highest BCUT2D eigenvalue weighted by molar-refractivity contribution is 6.15. The third-order valence-electron chi connectivity index (χ3n) is 9.29. The number of hydrogen-bond donors (Lipinski definition) is 0. The first-order valence-corrected chi connectivity index (χ1v) is 15.1. The highest BCUT2D eigenvalue weighted by Crippen LogP contribution is 2.48. The molecule has 0 saturated carbocycles. The molecule has 0 bridgehead atoms. The zero-order valence-corrected chi connectivity index (χ0v) is 26.8. The Bertz CT molecular complexity index is 1890. The Labute approximate surface area is 262 Å². The lowest BCUT2D eigenvalue weighted by Crippen LogP contribution is -2.66. The Hall–Kier alpha value is -3.73. The summed E-state index contributed by atoms with van der Waals surface area (Å²) in [5, 5.41) is -0.151. The zero-order chi connectivity index (χ0) is 34.1. The van der Waals surface area contributed by atoms with E-state index >= 15 is 0 Å². The van der Waals surface area contributed by atoms with Gasteiger partial charge in [-0.1, -0.05) is 27.7 Å². The first-order chi connectivity index (χ1) is 21.2. The Balaban J connectivity index is 1.64. The lowest BCUT2D eigenvalue weighted by Gasteiger charge is -2.32. The van der Waals surface area contributed by atoms with Gasteiger partial charge in [-0.2, -0.15) is 30.9 Å². The Morgan fingerprint density at radius 1 is 0.891 bits per heavy atom. The van der Waals surface area contributed by atoms with Gasteiger partial charge in [-0.25, -0.2) is 0 Å². The van der Waals surface area contributed by atoms with E-state index in [0.717, 1.165) is 24.3 Å². The van der Waals surface area contributed by atoms with E-state index in [-0.39, 0.29) is 23.0 Å². The van der Waals surface area contributed by atoms with Crippen molar-refractivity contribution in [1.82, 2.24) is 0 Å². The van der Waals surface area contributed by atoms with Crippen LogP contribution in [0.1, 0.15) is 63.8 Å². The molecule has 0 aromatic heterocycles. The van der Waals surface area contributed by atoms with Gasteiger partial charge in [0.2, 0.25) is 16.5 Å². The van der Waals surface area contributed by atoms with Gasteiger partial charge in [-0.15, -0.1) is 0 Å². The van der Waals surface area contributed by atoms with Crippen LogP contribution in [0, 0.1) is 5.92 Å². The number of hydrogen-bond acceptors (Lipinski definition) is 4. The molecule has 11 heteroatoms. The molecule has 5 nitrogen and oxygen atoms in total. The quantitative estimate of drug-likeness (QED) is 0.254. The summed E-state index contributed by atoms with van der Waals surface area (Å²) in [7, 11) is 1.51. The molecule has 2 aliphatic heterocycles. The normalized spacial score (nSPS) is 18.8. The van der Waals surface area contributed by atoms with Crippen LogP contribution in [0.15, 0.2) is 46.0 Å². The van der Waals surface area contributed by atoms with Crippen molar-refractivity contribution in [3.63, 3.8) is 0 Å². The standard InChI is InChI=1S/C35H37F6N2O3/c1-19(2)18-43-27-11-9-21(35(39,40)41)15-25(27)33(5,6)29(43)17-23-30(44)22(31(23)45)16-28-32(3,4)24-14-20(34(36,37)38)8-10-26(24)42(28)12-13-46-7/h8-11,14-17,19,28H,12-13,18H2,1-7H3/q+1. The summed E-state index contributed by atoms with van der Waals surface area (Å²) in [5.41, 5.74) is -1.85. The number of ether oxygens (including phenoxy) is 1. The van der Waals surface area contributed by atoms with E-state index in [1.807, 2.05) is 23.3 Å². The molecule has 5 rings (SSSR count). The summed E-state index contributed by atoms with van der Waals surface area (Å²) in [5.74, 6) is 0.114. The lowest BCUT2D eigenvalue weighted by atomic mass is 9.79. The molecule has 0 radical (unpaired) electrons. The lowest BCUT2D eigenvalue weighted by molar-refractivity contribution is -0.444. The van der Waals surface area contributed by atoms with Crippen LogP contribution < -0.4 is 26.2 Å². The van der Waals surface area contributed by atoms with Gasteiger partial charge >= 0.3 is 12.4 Å². The van der Waals surface area contributed by atoms with Gasteiger partial charge in [0.15, 0.2) is 12.3 Å². The van der Waals surface area contributed by atoms with Gasteiger partial charge in [0.1, 0.15) is 0 Å². The van der Waals surface area contributed by atoms with E-state index in [9.17, 15) is 35.9 Å². The number of methoxy groups -OCH3 is 1. The second-order valence-electron chi connectivity index (χ2n) is 13.6. The van der Waals surface area contributed by atoms with Crippen LogP contribution in [0.3, 0.4) is 0 Å². The Morgan fingerprint density at radius 2 is 1.46 bits per heavy atom. The maximum atomic E-state index is 13.6. The van der Waals surface area contributed by atoms with Crippen LogP contribution in [0.25, 0.3) is 12.2 Å². The summed E-state index contributed by atoms with van der Waals surface area (Å²) in [6, 6.07) is 6.52. The molecule has 0 saturated heterocycles. The van der Waals surface area contributed by atoms with Crippen LogP contribution in [0.5, 0.6) is 0 Å². The number of benzene rings is 2. The van der Waals surface area contributed by atoms with Crippen LogP contribution >= 0.6 is 0 Å². The van der Waals surface area contributed by atoms with E-state index in [1.165, 1.54) is 31.4 Å². The van der Waals surface area contributed by atoms with Crippen LogP contribution in [0.2, 0.25) is 0 Å². The molecule has 0 aliphatic carbocycles. The predicted molar refractivity (Wildman–Crippen MR) is 166 cm³/mol. The molecule has 0 spiro atoms. The zero-order valence-electron chi connectivity index (χ0n) is 26.8. The van der Waals surface area contributed by atoms with Crippen molar-refractivity contribution < 1.29 is 35.7 Å². The molecule has 46 heavy (non-hydrogen) atoms. The van der Waals surface area contributed by atoms with Crippen LogP contribution in [-0.4, -0.2) is 43.1 Å². The highest BCUT2D eigenvalue weighted by atomic mass is 19.4. The van der Waals surface area contributed by atoms with Gasteiger partial charge in [0.05, 0.1) is 39.6 Å². The van der Waals surface area contributed by atoms with Gasteiger partial charge in [0, 0.05) is 48.4 Å². The number of nitrogens with zero attached hydrogens (tertiary/aromatic N) is 2. The van der Waals surface area contributed by atoms with Crippen LogP contribution in [-0.2, 0) is 27.9 Å². The number of halogens is 6. The molecule has 0 N–H and O–H groups in total. The van der Waals surface area contributed by atoms with Gasteiger partial charge < -0.3 is 9.64 Å². The minimum atomic E-state index is -4.54. The summed E-state index contributed by atoms with van der Waals surface area (Å²) in [6.45, 7) is 12.0. The Morgan fingerprint density at radius 3 is 2.00 bits per heavy atom. The molecule has 0 fully saturated rings. The molecular formula is C35H37F6N2O3+. The number of alkyl halides is 6. The van der Waals surface area contributed by atoms with Crippen molar-refractivity contribution in [3.8, 4) is 0 Å². The molecule has 1 unspecified atom stereocenters. The predicted octanol–water partition coefficient (Wildman–Crippen LogP) is 5.43. The van der Waals surface area contributed by atoms with Crippen molar-refractivity contribution >= 4 is 29.2 Å². The van der Waals surface area contributed by atoms with E-state index in [0.29, 0.717) is 41.3 Å². The number of rotatable bonds is 7. The third kappa shape index (κ3) is 5.50. The maximum absolute atomic E-state index is 13.6. The molecule has 1 atom stereocenters. The largest absolute Gasteiger partial charge is 0.416 e. The summed E-state index contributed by atoms with van der Waals surface area (Å²) >= 11 is 0. The first-order valence-electron chi connectivity index (χ1n) is 15.1. The second kappa shape index (κ2) is 11.2. The van der Waals surface area contributed by atoms with Crippen molar-refractivity contribution in [2.24, 2.45) is 5.92 Å². The van der Waals surface area contributed by atoms with Crippen molar-refractivity contribution in [3.05, 3.63) is 89.5 Å². The van der Waals surface area contributed by atoms with Crippen molar-refractivity contribution in [2.45, 2.75) is 70.8 Å². The van der Waals surface area contributed by atoms with Gasteiger partial charge in [-0.05, 0) is 55.8 Å². The van der Waals surface area contributed by atoms with Crippen molar-refractivity contribution in [1.29, 1.82) is 0 Å². The topological polar surface area (TPSA) is 49.6 Å². The fourth-order valence-corrected chi connectivity index (χ4v) is 6.81. The van der Waals surface area contributed by atoms with Gasteiger partial charge in [-0.3, -0.25) is 9.59 Å². The van der Waals surface area contributed by atoms with Crippen LogP contribution in [0.4, 0.5) is 37.7 Å². The fraction of sp³-hybridized carbons (Fsp3) is 0.457. The number of anilines is 1. The second-order valence-corrected chi connectivity index (χ2v) is 13.6. The van der Waals surface area contributed by atoms with Gasteiger partial charge in [0.25, 0.3) is 0 Å². The summed E-state index contributed by atoms with van der Waals surface area (Å²) < 4.78 is 88.8. The summed E-state index contributed by atoms with van der Waals surface area (Å²) in [4.78, 5) is 29.1. The molecule has 0 amide bonds. The molecule has 2 heterocycles. The molecule has 2 aliphatic rings. The minimum Gasteiger partial charge on any atom is -0.383 e. The Kier molecular flexibility index (Phi) is 8.19. The minimum absolute atomic E-state index is 0.0701. The third-order valence-corrected chi connectivity index (χ3v) is 9.29. The maximum Gasteiger partial charge on any atom is 0.416 e. The van der Waals surface area contributed by atoms with E-state index in [4.69, 9.17) is 4.74 Å². The molecular weight excluding hydrogens is 610 g/mol. The highest BCUT2D eigenvalue weighted by Gasteiger charge is 2.48. The SMILES string of the molecule is COCCN1c2ccc(C(F)(F)F)cc2C(C)(C)C1C=c1c(=O)c(=CC2=[N+](CC(C)C)c3ccc(C(F)(F)F)cc3C2(C)C)c1=O. The number of fused-ring (bicyclic) bond motifs is 2. The smallest absolute Gasteiger partial charge is 0.383 e. The average molecular weight is 648 g/mol. The molecule has 3 aromatic carbocycles. The first kappa shape index (κ1) is 33.6. The average Bonchev–Trinajstić information content (AvgIpc) is 3.29. The van der Waals surface area contributed by atoms with E-state index < -0.39 is 51.2 Å². The molecule has 3 aromatic rings. The molecule has 246 valence electrons.